The highest BCUT2D eigenvalue weighted by molar-refractivity contribution is 7.17. The summed E-state index contributed by atoms with van der Waals surface area (Å²) in [6.07, 6.45) is 7.17. The predicted octanol–water partition coefficient (Wildman–Crippen LogP) is 2.74. The van der Waals surface area contributed by atoms with Crippen molar-refractivity contribution in [2.45, 2.75) is 33.0 Å². The number of oxime groups is 1. The average molecular weight is 514 g/mol. The molecule has 3 atom stereocenters. The largest absolute Gasteiger partial charge is 0.481 e. The van der Waals surface area contributed by atoms with E-state index < -0.39 is 29.1 Å². The van der Waals surface area contributed by atoms with Crippen molar-refractivity contribution in [2.75, 3.05) is 31.1 Å². The number of hydrogen-bond acceptors (Lipinski definition) is 9. The van der Waals surface area contributed by atoms with Gasteiger partial charge in [0.15, 0.2) is 0 Å². The Labute approximate surface area is 213 Å². The summed E-state index contributed by atoms with van der Waals surface area (Å²) in [5.74, 6) is -2.98. The predicted molar refractivity (Wildman–Crippen MR) is 141 cm³/mol. The van der Waals surface area contributed by atoms with Gasteiger partial charge in [-0.3, -0.25) is 10.1 Å². The van der Waals surface area contributed by atoms with E-state index in [1.165, 1.54) is 11.3 Å². The van der Waals surface area contributed by atoms with Crippen LogP contribution < -0.4 is 20.9 Å². The number of carbonyl (C=O) groups excluding carboxylic acids is 1. The summed E-state index contributed by atoms with van der Waals surface area (Å²) in [4.78, 5) is 41.8. The van der Waals surface area contributed by atoms with Crippen molar-refractivity contribution in [1.82, 2.24) is 20.9 Å². The first-order chi connectivity index (χ1) is 17.4. The van der Waals surface area contributed by atoms with Crippen LogP contribution in [0.4, 0.5) is 10.5 Å². The molecular formula is C24H31N7O4S. The van der Waals surface area contributed by atoms with E-state index in [0.717, 1.165) is 15.8 Å². The first kappa shape index (κ1) is 25.6. The quantitative estimate of drug-likeness (QED) is 0.314. The van der Waals surface area contributed by atoms with Gasteiger partial charge in [-0.2, -0.15) is 0 Å². The number of piperidine rings is 1. The molecule has 4 rings (SSSR count). The molecule has 12 heteroatoms. The van der Waals surface area contributed by atoms with E-state index in [4.69, 9.17) is 9.83 Å². The second-order valence-electron chi connectivity index (χ2n) is 8.82. The van der Waals surface area contributed by atoms with E-state index in [2.05, 4.69) is 26.1 Å². The minimum atomic E-state index is -1.42. The number of fused-ring (bicyclic) bond motifs is 1. The zero-order valence-electron chi connectivity index (χ0n) is 20.5. The third-order valence-electron chi connectivity index (χ3n) is 6.63. The van der Waals surface area contributed by atoms with Crippen molar-refractivity contribution in [3.05, 3.63) is 35.5 Å². The number of urea groups is 1. The summed E-state index contributed by atoms with van der Waals surface area (Å²) >= 11 is 1.48. The molecule has 0 spiro atoms. The molecule has 0 radical (unpaired) electrons. The second-order valence-corrected chi connectivity index (χ2v) is 9.67. The van der Waals surface area contributed by atoms with Crippen molar-refractivity contribution < 1.29 is 19.5 Å². The van der Waals surface area contributed by atoms with Gasteiger partial charge in [-0.15, -0.1) is 11.3 Å². The topological polar surface area (TPSA) is 141 Å². The zero-order chi connectivity index (χ0) is 25.8. The molecule has 0 aliphatic carbocycles. The number of carboxylic acid groups (broad SMARTS) is 1. The number of rotatable bonds is 8. The number of allylic oxidation sites excluding steroid dienone is 1. The van der Waals surface area contributed by atoms with Gasteiger partial charge < -0.3 is 25.5 Å². The molecule has 2 aliphatic rings. The van der Waals surface area contributed by atoms with Crippen LogP contribution >= 0.6 is 11.3 Å². The van der Waals surface area contributed by atoms with Crippen LogP contribution in [-0.2, 0) is 9.63 Å². The Morgan fingerprint density at radius 3 is 3.00 bits per heavy atom. The number of nitrogens with zero attached hydrogens (tertiary/aromatic N) is 4. The van der Waals surface area contributed by atoms with Gasteiger partial charge in [-0.05, 0) is 51.9 Å². The van der Waals surface area contributed by atoms with Gasteiger partial charge in [0, 0.05) is 36.8 Å². The van der Waals surface area contributed by atoms with E-state index in [1.807, 2.05) is 30.9 Å². The lowest BCUT2D eigenvalue weighted by molar-refractivity contribution is -0.155. The minimum Gasteiger partial charge on any atom is -0.481 e. The first-order valence-corrected chi connectivity index (χ1v) is 12.8. The van der Waals surface area contributed by atoms with E-state index in [1.54, 1.807) is 37.1 Å². The Bertz CT molecular complexity index is 1210. The van der Waals surface area contributed by atoms with Crippen LogP contribution in [0, 0.1) is 11.3 Å². The summed E-state index contributed by atoms with van der Waals surface area (Å²) in [5, 5.41) is 23.4. The molecule has 11 nitrogen and oxygen atoms in total. The molecule has 1 aromatic carbocycles. The molecule has 2 aromatic rings. The molecule has 192 valence electrons. The summed E-state index contributed by atoms with van der Waals surface area (Å²) in [7, 11) is 0. The molecule has 1 saturated heterocycles. The normalized spacial score (nSPS) is 25.9. The Morgan fingerprint density at radius 2 is 2.25 bits per heavy atom. The number of nitrogens with one attached hydrogen (secondary N) is 3. The van der Waals surface area contributed by atoms with Crippen LogP contribution in [0.25, 0.3) is 10.2 Å². The van der Waals surface area contributed by atoms with Crippen LogP contribution in [0.2, 0.25) is 0 Å². The number of aliphatic imine (C=N–C) groups is 1. The molecule has 0 saturated carbocycles. The molecule has 2 amide bonds. The van der Waals surface area contributed by atoms with E-state index in [0.29, 0.717) is 38.3 Å². The summed E-state index contributed by atoms with van der Waals surface area (Å²) < 4.78 is 0.934. The summed E-state index contributed by atoms with van der Waals surface area (Å²) in [6, 6.07) is 3.37. The minimum absolute atomic E-state index is 0.342. The van der Waals surface area contributed by atoms with Crippen LogP contribution in [0.15, 0.2) is 40.1 Å². The SMILES string of the molecule is CCNC(=O)NC1(C2CNCCC2(C)C(=O)O)N=CC=CN1c1cc(/C=N/OCC)c2scnc2c1. The van der Waals surface area contributed by atoms with Crippen LogP contribution in [0.1, 0.15) is 32.8 Å². The molecule has 1 aromatic heterocycles. The molecule has 0 bridgehead atoms. The summed E-state index contributed by atoms with van der Waals surface area (Å²) in [5.41, 5.74) is 2.80. The molecular weight excluding hydrogens is 482 g/mol. The van der Waals surface area contributed by atoms with Gasteiger partial charge in [0.1, 0.15) is 6.61 Å². The fourth-order valence-electron chi connectivity index (χ4n) is 4.77. The fourth-order valence-corrected chi connectivity index (χ4v) is 5.52. The van der Waals surface area contributed by atoms with E-state index >= 15 is 0 Å². The van der Waals surface area contributed by atoms with Gasteiger partial charge in [0.2, 0.25) is 5.79 Å². The maximum Gasteiger partial charge on any atom is 0.318 e. The van der Waals surface area contributed by atoms with Crippen molar-refractivity contribution in [3.8, 4) is 0 Å². The highest BCUT2D eigenvalue weighted by Crippen LogP contribution is 2.45. The third-order valence-corrected chi connectivity index (χ3v) is 7.52. The molecule has 3 unspecified atom stereocenters. The van der Waals surface area contributed by atoms with Crippen molar-refractivity contribution in [2.24, 2.45) is 21.5 Å². The fraction of sp³-hybridized carbons (Fsp3) is 0.458. The van der Waals surface area contributed by atoms with Crippen molar-refractivity contribution in [1.29, 1.82) is 0 Å². The lowest BCUT2D eigenvalue weighted by Gasteiger charge is -2.52. The van der Waals surface area contributed by atoms with Crippen LogP contribution in [0.5, 0.6) is 0 Å². The molecule has 4 N–H and O–H groups in total. The van der Waals surface area contributed by atoms with Crippen LogP contribution in [0.3, 0.4) is 0 Å². The Hall–Kier alpha value is -3.51. The zero-order valence-corrected chi connectivity index (χ0v) is 21.3. The highest BCUT2D eigenvalue weighted by atomic mass is 32.1. The lowest BCUT2D eigenvalue weighted by Crippen LogP contribution is -2.71. The number of carboxylic acids is 1. The number of hydrogen-bond donors (Lipinski definition) is 4. The van der Waals surface area contributed by atoms with Gasteiger partial charge in [-0.1, -0.05) is 5.16 Å². The van der Waals surface area contributed by atoms with E-state index in [9.17, 15) is 14.7 Å². The van der Waals surface area contributed by atoms with Gasteiger partial charge >= 0.3 is 12.0 Å². The smallest absolute Gasteiger partial charge is 0.318 e. The van der Waals surface area contributed by atoms with E-state index in [-0.39, 0.29) is 0 Å². The van der Waals surface area contributed by atoms with Crippen LogP contribution in [-0.4, -0.2) is 66.5 Å². The Balaban J connectivity index is 1.89. The lowest BCUT2D eigenvalue weighted by atomic mass is 9.68. The first-order valence-electron chi connectivity index (χ1n) is 11.9. The number of aromatic nitrogens is 1. The number of carbonyl (C=O) groups is 2. The molecule has 1 fully saturated rings. The number of thiazole rings is 1. The number of aliphatic carboxylic acids is 1. The maximum atomic E-state index is 13.0. The van der Waals surface area contributed by atoms with Gasteiger partial charge in [-0.25, -0.2) is 14.8 Å². The molecule has 3 heterocycles. The van der Waals surface area contributed by atoms with Crippen molar-refractivity contribution >= 4 is 51.7 Å². The number of anilines is 1. The average Bonchev–Trinajstić information content (AvgIpc) is 3.33. The number of amides is 2. The number of benzene rings is 1. The molecule has 36 heavy (non-hydrogen) atoms. The van der Waals surface area contributed by atoms with Crippen molar-refractivity contribution in [3.63, 3.8) is 0 Å². The maximum absolute atomic E-state index is 13.0. The third kappa shape index (κ3) is 4.65. The van der Waals surface area contributed by atoms with Gasteiger partial charge in [0.05, 0.1) is 33.3 Å². The standard InChI is InChI=1S/C24H31N7O4S/c1-4-26-22(34)30-24(19-14-25-9-7-23(19,3)21(32)33)28-8-6-10-31(24)17-11-16(13-29-35-5-2)20-18(12-17)27-15-36-20/h6,8,10-13,15,19,25H,4-5,7,9,14H2,1-3H3,(H,32,33)(H2,26,30,34)/b29-13+. The summed E-state index contributed by atoms with van der Waals surface area (Å²) in [6.45, 7) is 7.13. The Kier molecular flexibility index (Phi) is 7.55. The Morgan fingerprint density at radius 1 is 1.42 bits per heavy atom. The monoisotopic (exact) mass is 513 g/mol. The second kappa shape index (κ2) is 10.6. The molecule has 2 aliphatic heterocycles. The van der Waals surface area contributed by atoms with Gasteiger partial charge in [0.25, 0.3) is 0 Å². The highest BCUT2D eigenvalue weighted by Gasteiger charge is 2.57.